The van der Waals surface area contributed by atoms with Gasteiger partial charge in [-0.2, -0.15) is 0 Å². The van der Waals surface area contributed by atoms with Crippen molar-refractivity contribution in [2.24, 2.45) is 5.92 Å². The third kappa shape index (κ3) is 1.90. The van der Waals surface area contributed by atoms with Crippen LogP contribution in [0.4, 0.5) is 0 Å². The Labute approximate surface area is 103 Å². The average Bonchev–Trinajstić information content (AvgIpc) is 2.35. The van der Waals surface area contributed by atoms with Crippen molar-refractivity contribution < 1.29 is 4.74 Å². The highest BCUT2D eigenvalue weighted by molar-refractivity contribution is 5.63. The SMILES string of the molecule is C=C(C)[C@H]1CCC2=Cc3ccccc3OC2C1. The summed E-state index contributed by atoms with van der Waals surface area (Å²) in [6.45, 7) is 6.22. The van der Waals surface area contributed by atoms with Gasteiger partial charge in [0.2, 0.25) is 0 Å². The van der Waals surface area contributed by atoms with Crippen LogP contribution in [0.25, 0.3) is 6.08 Å². The van der Waals surface area contributed by atoms with E-state index in [0.717, 1.165) is 18.6 Å². The molecule has 1 nitrogen and oxygen atoms in total. The van der Waals surface area contributed by atoms with Gasteiger partial charge in [-0.25, -0.2) is 0 Å². The molecule has 1 aromatic rings. The van der Waals surface area contributed by atoms with Crippen LogP contribution in [0.2, 0.25) is 0 Å². The van der Waals surface area contributed by atoms with Crippen LogP contribution in [-0.4, -0.2) is 6.10 Å². The minimum Gasteiger partial charge on any atom is -0.485 e. The van der Waals surface area contributed by atoms with Crippen LogP contribution in [-0.2, 0) is 0 Å². The van der Waals surface area contributed by atoms with E-state index < -0.39 is 0 Å². The molecule has 0 saturated heterocycles. The number of para-hydroxylation sites is 1. The van der Waals surface area contributed by atoms with Crippen molar-refractivity contribution in [1.29, 1.82) is 0 Å². The maximum absolute atomic E-state index is 6.11. The van der Waals surface area contributed by atoms with E-state index in [1.54, 1.807) is 0 Å². The van der Waals surface area contributed by atoms with E-state index in [0.29, 0.717) is 5.92 Å². The lowest BCUT2D eigenvalue weighted by Crippen LogP contribution is -2.30. The lowest BCUT2D eigenvalue weighted by Gasteiger charge is -2.35. The topological polar surface area (TPSA) is 9.23 Å². The molecule has 2 aliphatic rings. The van der Waals surface area contributed by atoms with Gasteiger partial charge in [0.1, 0.15) is 11.9 Å². The Morgan fingerprint density at radius 2 is 2.18 bits per heavy atom. The fourth-order valence-corrected chi connectivity index (χ4v) is 2.83. The Kier molecular flexibility index (Phi) is 2.54. The average molecular weight is 226 g/mol. The number of allylic oxidation sites excluding steroid dienone is 1. The van der Waals surface area contributed by atoms with Gasteiger partial charge in [-0.3, -0.25) is 0 Å². The number of benzene rings is 1. The zero-order chi connectivity index (χ0) is 11.8. The summed E-state index contributed by atoms with van der Waals surface area (Å²) in [6.07, 6.45) is 6.06. The van der Waals surface area contributed by atoms with Crippen LogP contribution in [0, 0.1) is 5.92 Å². The molecule has 0 amide bonds. The molecule has 1 heterocycles. The maximum Gasteiger partial charge on any atom is 0.127 e. The molecule has 0 N–H and O–H groups in total. The molecule has 2 atom stereocenters. The first-order valence-electron chi connectivity index (χ1n) is 6.35. The first-order chi connectivity index (χ1) is 8.24. The lowest BCUT2D eigenvalue weighted by molar-refractivity contribution is 0.178. The van der Waals surface area contributed by atoms with Crippen LogP contribution >= 0.6 is 0 Å². The molecule has 1 aliphatic heterocycles. The summed E-state index contributed by atoms with van der Waals surface area (Å²) in [5.41, 5.74) is 3.99. The van der Waals surface area contributed by atoms with Gasteiger partial charge < -0.3 is 4.74 Å². The fourth-order valence-electron chi connectivity index (χ4n) is 2.83. The lowest BCUT2D eigenvalue weighted by atomic mass is 9.79. The Bertz CT molecular complexity index is 484. The summed E-state index contributed by atoms with van der Waals surface area (Å²) in [6, 6.07) is 8.30. The van der Waals surface area contributed by atoms with Crippen molar-refractivity contribution in [3.63, 3.8) is 0 Å². The highest BCUT2D eigenvalue weighted by atomic mass is 16.5. The second-order valence-electron chi connectivity index (χ2n) is 5.18. The van der Waals surface area contributed by atoms with E-state index in [1.807, 2.05) is 6.07 Å². The Morgan fingerprint density at radius 1 is 1.35 bits per heavy atom. The zero-order valence-electron chi connectivity index (χ0n) is 10.3. The zero-order valence-corrected chi connectivity index (χ0v) is 10.3. The molecule has 0 aromatic heterocycles. The predicted octanol–water partition coefficient (Wildman–Crippen LogP) is 4.21. The molecule has 0 spiro atoms. The first kappa shape index (κ1) is 10.6. The van der Waals surface area contributed by atoms with Gasteiger partial charge in [0.25, 0.3) is 0 Å². The highest BCUT2D eigenvalue weighted by Gasteiger charge is 2.30. The smallest absolute Gasteiger partial charge is 0.127 e. The van der Waals surface area contributed by atoms with Crippen molar-refractivity contribution in [3.05, 3.63) is 47.6 Å². The van der Waals surface area contributed by atoms with E-state index in [-0.39, 0.29) is 6.10 Å². The Balaban J connectivity index is 1.88. The summed E-state index contributed by atoms with van der Waals surface area (Å²) in [5.74, 6) is 1.66. The summed E-state index contributed by atoms with van der Waals surface area (Å²) in [7, 11) is 0. The van der Waals surface area contributed by atoms with E-state index in [2.05, 4.69) is 37.8 Å². The largest absolute Gasteiger partial charge is 0.485 e. The molecule has 1 fully saturated rings. The highest BCUT2D eigenvalue weighted by Crippen LogP contribution is 2.39. The monoisotopic (exact) mass is 226 g/mol. The third-order valence-electron chi connectivity index (χ3n) is 3.92. The molecule has 0 bridgehead atoms. The Hall–Kier alpha value is -1.50. The van der Waals surface area contributed by atoms with Gasteiger partial charge in [-0.1, -0.05) is 30.4 Å². The third-order valence-corrected chi connectivity index (χ3v) is 3.92. The van der Waals surface area contributed by atoms with Crippen LogP contribution < -0.4 is 4.74 Å². The number of fused-ring (bicyclic) bond motifs is 2. The molecule has 3 rings (SSSR count). The molecule has 1 aliphatic carbocycles. The summed E-state index contributed by atoms with van der Waals surface area (Å²) < 4.78 is 6.11. The van der Waals surface area contributed by atoms with E-state index in [9.17, 15) is 0 Å². The van der Waals surface area contributed by atoms with Gasteiger partial charge in [0, 0.05) is 5.56 Å². The van der Waals surface area contributed by atoms with Gasteiger partial charge in [-0.05, 0) is 49.8 Å². The van der Waals surface area contributed by atoms with E-state index >= 15 is 0 Å². The van der Waals surface area contributed by atoms with Crippen LogP contribution in [0.5, 0.6) is 5.75 Å². The number of hydrogen-bond acceptors (Lipinski definition) is 1. The molecule has 1 heteroatoms. The van der Waals surface area contributed by atoms with Crippen LogP contribution in [0.3, 0.4) is 0 Å². The van der Waals surface area contributed by atoms with Crippen molar-refractivity contribution in [3.8, 4) is 5.75 Å². The molecule has 1 unspecified atom stereocenters. The molecule has 1 aromatic carbocycles. The Morgan fingerprint density at radius 3 is 3.00 bits per heavy atom. The summed E-state index contributed by atoms with van der Waals surface area (Å²) in [4.78, 5) is 0. The first-order valence-corrected chi connectivity index (χ1v) is 6.35. The molecule has 1 saturated carbocycles. The molecule has 88 valence electrons. The van der Waals surface area contributed by atoms with Crippen molar-refractivity contribution in [1.82, 2.24) is 0 Å². The van der Waals surface area contributed by atoms with Crippen LogP contribution in [0.15, 0.2) is 42.0 Å². The minimum absolute atomic E-state index is 0.278. The summed E-state index contributed by atoms with van der Waals surface area (Å²) in [5, 5.41) is 0. The molecule has 0 radical (unpaired) electrons. The van der Waals surface area contributed by atoms with Gasteiger partial charge in [0.15, 0.2) is 0 Å². The van der Waals surface area contributed by atoms with Gasteiger partial charge in [0.05, 0.1) is 0 Å². The quantitative estimate of drug-likeness (QED) is 0.652. The maximum atomic E-state index is 6.11. The second-order valence-corrected chi connectivity index (χ2v) is 5.18. The van der Waals surface area contributed by atoms with Gasteiger partial charge >= 0.3 is 0 Å². The minimum atomic E-state index is 0.278. The van der Waals surface area contributed by atoms with E-state index in [1.165, 1.54) is 23.1 Å². The van der Waals surface area contributed by atoms with Crippen molar-refractivity contribution in [2.75, 3.05) is 0 Å². The van der Waals surface area contributed by atoms with Crippen molar-refractivity contribution in [2.45, 2.75) is 32.3 Å². The molecular weight excluding hydrogens is 208 g/mol. The molecular formula is C16H18O. The summed E-state index contributed by atoms with van der Waals surface area (Å²) >= 11 is 0. The standard InChI is InChI=1S/C16H18O/c1-11(2)12-7-8-14-9-13-5-3-4-6-15(13)17-16(14)10-12/h3-6,9,12,16H,1,7-8,10H2,2H3/t12-,16?/m0/s1. The van der Waals surface area contributed by atoms with E-state index in [4.69, 9.17) is 4.74 Å². The predicted molar refractivity (Wildman–Crippen MR) is 71.0 cm³/mol. The number of rotatable bonds is 1. The number of ether oxygens (including phenoxy) is 1. The van der Waals surface area contributed by atoms with Crippen molar-refractivity contribution >= 4 is 6.08 Å². The van der Waals surface area contributed by atoms with Crippen LogP contribution in [0.1, 0.15) is 31.7 Å². The second kappa shape index (κ2) is 4.06. The normalized spacial score (nSPS) is 26.3. The number of hydrogen-bond donors (Lipinski definition) is 0. The fraction of sp³-hybridized carbons (Fsp3) is 0.375. The molecule has 17 heavy (non-hydrogen) atoms. The van der Waals surface area contributed by atoms with Gasteiger partial charge in [-0.15, -0.1) is 0 Å².